The van der Waals surface area contributed by atoms with Gasteiger partial charge in [0, 0.05) is 23.2 Å². The molecule has 1 N–H and O–H groups in total. The van der Waals surface area contributed by atoms with Gasteiger partial charge in [0.2, 0.25) is 0 Å². The van der Waals surface area contributed by atoms with Crippen molar-refractivity contribution in [1.82, 2.24) is 14.7 Å². The third kappa shape index (κ3) is 3.22. The van der Waals surface area contributed by atoms with Crippen molar-refractivity contribution in [2.45, 2.75) is 6.54 Å². The van der Waals surface area contributed by atoms with E-state index in [-0.39, 0.29) is 17.4 Å². The van der Waals surface area contributed by atoms with Crippen molar-refractivity contribution in [2.75, 3.05) is 12.4 Å². The van der Waals surface area contributed by atoms with Gasteiger partial charge >= 0.3 is 0 Å². The number of nitrogens with one attached hydrogen (secondary N) is 1. The van der Waals surface area contributed by atoms with E-state index in [0.29, 0.717) is 23.5 Å². The van der Waals surface area contributed by atoms with Gasteiger partial charge in [-0.3, -0.25) is 19.3 Å². The van der Waals surface area contributed by atoms with E-state index in [1.807, 2.05) is 24.3 Å². The first-order valence-corrected chi connectivity index (χ1v) is 9.27. The van der Waals surface area contributed by atoms with Crippen LogP contribution in [0.3, 0.4) is 0 Å². The fourth-order valence-electron chi connectivity index (χ4n) is 3.06. The second-order valence-electron chi connectivity index (χ2n) is 6.39. The standard InChI is InChI=1S/C20H15BrN4O3/c1-24-19(27)15-6-5-13(10-16(15)20(24)28)18(26)23-17-7-8-22-25(17)11-12-3-2-4-14(21)9-12/h2-10H,11H2,1H3,(H,23,26). The number of amides is 3. The maximum atomic E-state index is 12.7. The number of imide groups is 1. The van der Waals surface area contributed by atoms with Gasteiger partial charge in [0.1, 0.15) is 5.82 Å². The predicted octanol–water partition coefficient (Wildman–Crippen LogP) is 3.17. The van der Waals surface area contributed by atoms with Crippen molar-refractivity contribution in [2.24, 2.45) is 0 Å². The van der Waals surface area contributed by atoms with Crippen LogP contribution >= 0.6 is 15.9 Å². The zero-order valence-electron chi connectivity index (χ0n) is 14.8. The summed E-state index contributed by atoms with van der Waals surface area (Å²) < 4.78 is 2.64. The van der Waals surface area contributed by atoms with E-state index < -0.39 is 5.91 Å². The molecule has 1 aliphatic heterocycles. The molecular formula is C20H15BrN4O3. The molecule has 0 saturated heterocycles. The number of anilines is 1. The van der Waals surface area contributed by atoms with Crippen molar-refractivity contribution in [3.05, 3.63) is 81.5 Å². The molecule has 8 heteroatoms. The Morgan fingerprint density at radius 1 is 1.07 bits per heavy atom. The lowest BCUT2D eigenvalue weighted by Crippen LogP contribution is -2.24. The van der Waals surface area contributed by atoms with Gasteiger partial charge in [-0.25, -0.2) is 4.68 Å². The summed E-state index contributed by atoms with van der Waals surface area (Å²) in [6, 6.07) is 14.0. The molecule has 0 aliphatic carbocycles. The molecule has 1 aliphatic rings. The maximum Gasteiger partial charge on any atom is 0.261 e. The number of nitrogens with zero attached hydrogens (tertiary/aromatic N) is 3. The molecule has 0 fully saturated rings. The van der Waals surface area contributed by atoms with Crippen LogP contribution < -0.4 is 5.32 Å². The first kappa shape index (κ1) is 18.1. The van der Waals surface area contributed by atoms with Crippen LogP contribution in [0.1, 0.15) is 36.6 Å². The number of hydrogen-bond donors (Lipinski definition) is 1. The van der Waals surface area contributed by atoms with E-state index in [9.17, 15) is 14.4 Å². The molecule has 0 spiro atoms. The molecule has 0 radical (unpaired) electrons. The van der Waals surface area contributed by atoms with Gasteiger partial charge in [-0.15, -0.1) is 0 Å². The van der Waals surface area contributed by atoms with E-state index in [0.717, 1.165) is 14.9 Å². The Morgan fingerprint density at radius 3 is 2.64 bits per heavy atom. The number of carbonyl (C=O) groups excluding carboxylic acids is 3. The fourth-order valence-corrected chi connectivity index (χ4v) is 3.51. The summed E-state index contributed by atoms with van der Waals surface area (Å²) in [6.07, 6.45) is 1.60. The van der Waals surface area contributed by atoms with E-state index in [1.165, 1.54) is 25.2 Å². The van der Waals surface area contributed by atoms with Gasteiger partial charge in [-0.05, 0) is 35.9 Å². The number of rotatable bonds is 4. The second kappa shape index (κ2) is 7.05. The van der Waals surface area contributed by atoms with Crippen LogP contribution in [0.4, 0.5) is 5.82 Å². The van der Waals surface area contributed by atoms with Crippen LogP contribution in [0.5, 0.6) is 0 Å². The highest BCUT2D eigenvalue weighted by molar-refractivity contribution is 9.10. The largest absolute Gasteiger partial charge is 0.307 e. The van der Waals surface area contributed by atoms with Crippen LogP contribution in [0.25, 0.3) is 0 Å². The lowest BCUT2D eigenvalue weighted by atomic mass is 10.1. The highest BCUT2D eigenvalue weighted by Crippen LogP contribution is 2.23. The summed E-state index contributed by atoms with van der Waals surface area (Å²) in [4.78, 5) is 37.8. The topological polar surface area (TPSA) is 84.3 Å². The molecule has 0 unspecified atom stereocenters. The number of benzene rings is 2. The zero-order chi connectivity index (χ0) is 19.8. The smallest absolute Gasteiger partial charge is 0.261 e. The Labute approximate surface area is 169 Å². The van der Waals surface area contributed by atoms with Crippen molar-refractivity contribution < 1.29 is 14.4 Å². The monoisotopic (exact) mass is 438 g/mol. The zero-order valence-corrected chi connectivity index (χ0v) is 16.4. The van der Waals surface area contributed by atoms with Gasteiger partial charge < -0.3 is 5.32 Å². The van der Waals surface area contributed by atoms with Crippen LogP contribution in [0.15, 0.2) is 59.2 Å². The molecule has 2 heterocycles. The van der Waals surface area contributed by atoms with Gasteiger partial charge in [0.05, 0.1) is 23.9 Å². The first-order chi connectivity index (χ1) is 13.4. The third-order valence-electron chi connectivity index (χ3n) is 4.53. The van der Waals surface area contributed by atoms with Gasteiger partial charge in [0.15, 0.2) is 0 Å². The minimum Gasteiger partial charge on any atom is -0.307 e. The SMILES string of the molecule is CN1C(=O)c2ccc(C(=O)Nc3ccnn3Cc3cccc(Br)c3)cc2C1=O. The molecule has 28 heavy (non-hydrogen) atoms. The molecular weight excluding hydrogens is 424 g/mol. The van der Waals surface area contributed by atoms with Gasteiger partial charge in [-0.2, -0.15) is 5.10 Å². The van der Waals surface area contributed by atoms with E-state index in [1.54, 1.807) is 16.9 Å². The molecule has 1 aromatic heterocycles. The molecule has 7 nitrogen and oxygen atoms in total. The van der Waals surface area contributed by atoms with E-state index in [4.69, 9.17) is 0 Å². The fraction of sp³-hybridized carbons (Fsp3) is 0.100. The van der Waals surface area contributed by atoms with Crippen molar-refractivity contribution in [3.8, 4) is 0 Å². The van der Waals surface area contributed by atoms with Crippen LogP contribution in [-0.4, -0.2) is 39.4 Å². The number of halogens is 1. The average Bonchev–Trinajstić information content (AvgIpc) is 3.20. The average molecular weight is 439 g/mol. The number of hydrogen-bond acceptors (Lipinski definition) is 4. The number of carbonyl (C=O) groups is 3. The Bertz CT molecular complexity index is 1120. The molecule has 3 amide bonds. The lowest BCUT2D eigenvalue weighted by Gasteiger charge is -2.10. The van der Waals surface area contributed by atoms with Crippen LogP contribution in [0.2, 0.25) is 0 Å². The van der Waals surface area contributed by atoms with Gasteiger partial charge in [0.25, 0.3) is 17.7 Å². The quantitative estimate of drug-likeness (QED) is 0.633. The minimum atomic E-state index is -0.408. The molecule has 3 aromatic rings. The molecule has 0 saturated carbocycles. The van der Waals surface area contributed by atoms with Crippen LogP contribution in [-0.2, 0) is 6.54 Å². The summed E-state index contributed by atoms with van der Waals surface area (Å²) in [6.45, 7) is 0.490. The number of aromatic nitrogens is 2. The molecule has 0 atom stereocenters. The first-order valence-electron chi connectivity index (χ1n) is 8.48. The maximum absolute atomic E-state index is 12.7. The normalized spacial score (nSPS) is 13.0. The Kier molecular flexibility index (Phi) is 4.56. The van der Waals surface area contributed by atoms with Gasteiger partial charge in [-0.1, -0.05) is 28.1 Å². The highest BCUT2D eigenvalue weighted by atomic mass is 79.9. The molecule has 2 aromatic carbocycles. The van der Waals surface area contributed by atoms with E-state index >= 15 is 0 Å². The van der Waals surface area contributed by atoms with E-state index in [2.05, 4.69) is 26.3 Å². The Hall–Kier alpha value is -3.26. The Morgan fingerprint density at radius 2 is 1.86 bits per heavy atom. The third-order valence-corrected chi connectivity index (χ3v) is 5.02. The Balaban J connectivity index is 1.55. The van der Waals surface area contributed by atoms with Crippen molar-refractivity contribution in [3.63, 3.8) is 0 Å². The minimum absolute atomic E-state index is 0.239. The summed E-state index contributed by atoms with van der Waals surface area (Å²) >= 11 is 3.44. The molecule has 0 bridgehead atoms. The van der Waals surface area contributed by atoms with Crippen LogP contribution in [0, 0.1) is 0 Å². The summed E-state index contributed by atoms with van der Waals surface area (Å²) in [7, 11) is 1.42. The summed E-state index contributed by atoms with van der Waals surface area (Å²) in [5.74, 6) is -0.619. The summed E-state index contributed by atoms with van der Waals surface area (Å²) in [5.41, 5.74) is 1.87. The van der Waals surface area contributed by atoms with Crippen molar-refractivity contribution in [1.29, 1.82) is 0 Å². The summed E-state index contributed by atoms with van der Waals surface area (Å²) in [5, 5.41) is 7.07. The van der Waals surface area contributed by atoms with Crippen molar-refractivity contribution >= 4 is 39.5 Å². The second-order valence-corrected chi connectivity index (χ2v) is 7.30. The predicted molar refractivity (Wildman–Crippen MR) is 106 cm³/mol. The lowest BCUT2D eigenvalue weighted by molar-refractivity contribution is 0.0693. The number of fused-ring (bicyclic) bond motifs is 1. The molecule has 140 valence electrons. The molecule has 4 rings (SSSR count). The highest BCUT2D eigenvalue weighted by Gasteiger charge is 2.33.